The molecule has 0 unspecified atom stereocenters. The SMILES string of the molecule is CC(C)c1cc(C(=O)OCC(=O)N(C)C)c2cnn(C(C)C)c2n1. The van der Waals surface area contributed by atoms with E-state index in [1.165, 1.54) is 4.90 Å². The number of carbonyl (C=O) groups excluding carboxylic acids is 2. The Morgan fingerprint density at radius 2 is 1.92 bits per heavy atom. The highest BCUT2D eigenvalue weighted by molar-refractivity contribution is 6.03. The molecule has 0 N–H and O–H groups in total. The van der Waals surface area contributed by atoms with Gasteiger partial charge >= 0.3 is 5.97 Å². The summed E-state index contributed by atoms with van der Waals surface area (Å²) in [7, 11) is 3.23. The van der Waals surface area contributed by atoms with Crippen LogP contribution in [0.25, 0.3) is 11.0 Å². The summed E-state index contributed by atoms with van der Waals surface area (Å²) in [6.07, 6.45) is 1.62. The Balaban J connectivity index is 2.44. The minimum absolute atomic E-state index is 0.122. The van der Waals surface area contributed by atoms with Crippen molar-refractivity contribution in [2.75, 3.05) is 20.7 Å². The van der Waals surface area contributed by atoms with E-state index >= 15 is 0 Å². The summed E-state index contributed by atoms with van der Waals surface area (Å²) in [5.41, 5.74) is 1.83. The van der Waals surface area contributed by atoms with Gasteiger partial charge in [-0.3, -0.25) is 4.79 Å². The number of aromatic nitrogens is 3. The molecule has 7 heteroatoms. The van der Waals surface area contributed by atoms with E-state index in [0.717, 1.165) is 5.69 Å². The van der Waals surface area contributed by atoms with Crippen molar-refractivity contribution in [1.29, 1.82) is 0 Å². The summed E-state index contributed by atoms with van der Waals surface area (Å²) in [6.45, 7) is 7.74. The number of hydrogen-bond acceptors (Lipinski definition) is 5. The number of rotatable bonds is 5. The number of hydrogen-bond donors (Lipinski definition) is 0. The van der Waals surface area contributed by atoms with Crippen molar-refractivity contribution in [3.05, 3.63) is 23.5 Å². The zero-order valence-corrected chi connectivity index (χ0v) is 15.0. The summed E-state index contributed by atoms with van der Waals surface area (Å²) in [5, 5.41) is 4.97. The zero-order chi connectivity index (χ0) is 18.0. The first-order valence-electron chi connectivity index (χ1n) is 7.97. The molecule has 2 heterocycles. The van der Waals surface area contributed by atoms with E-state index < -0.39 is 5.97 Å². The maximum absolute atomic E-state index is 12.5. The van der Waals surface area contributed by atoms with E-state index in [1.54, 1.807) is 31.0 Å². The first-order valence-corrected chi connectivity index (χ1v) is 7.97. The van der Waals surface area contributed by atoms with E-state index in [9.17, 15) is 9.59 Å². The maximum atomic E-state index is 12.5. The third kappa shape index (κ3) is 3.55. The van der Waals surface area contributed by atoms with Crippen LogP contribution in [0.2, 0.25) is 0 Å². The van der Waals surface area contributed by atoms with Gasteiger partial charge < -0.3 is 9.64 Å². The van der Waals surface area contributed by atoms with Gasteiger partial charge in [-0.2, -0.15) is 5.10 Å². The Kier molecular flexibility index (Phi) is 5.21. The number of amides is 1. The molecule has 130 valence electrons. The quantitative estimate of drug-likeness (QED) is 0.786. The molecule has 0 aliphatic rings. The number of esters is 1. The first kappa shape index (κ1) is 17.9. The second-order valence-electron chi connectivity index (χ2n) is 6.53. The zero-order valence-electron chi connectivity index (χ0n) is 15.0. The Labute approximate surface area is 141 Å². The second-order valence-corrected chi connectivity index (χ2v) is 6.53. The fourth-order valence-corrected chi connectivity index (χ4v) is 2.21. The molecule has 0 spiro atoms. The highest BCUT2D eigenvalue weighted by atomic mass is 16.5. The van der Waals surface area contributed by atoms with Gasteiger partial charge in [-0.05, 0) is 25.8 Å². The van der Waals surface area contributed by atoms with E-state index in [1.807, 2.05) is 27.7 Å². The van der Waals surface area contributed by atoms with Gasteiger partial charge in [0.05, 0.1) is 17.1 Å². The Bertz CT molecular complexity index is 763. The number of carbonyl (C=O) groups is 2. The van der Waals surface area contributed by atoms with E-state index in [2.05, 4.69) is 10.1 Å². The van der Waals surface area contributed by atoms with Gasteiger partial charge in [0, 0.05) is 25.8 Å². The summed E-state index contributed by atoms with van der Waals surface area (Å²) in [5.74, 6) is -0.654. The molecule has 0 aromatic carbocycles. The molecule has 0 atom stereocenters. The molecule has 0 bridgehead atoms. The van der Waals surface area contributed by atoms with Crippen molar-refractivity contribution < 1.29 is 14.3 Å². The predicted molar refractivity (Wildman–Crippen MR) is 91.0 cm³/mol. The van der Waals surface area contributed by atoms with Crippen molar-refractivity contribution in [3.8, 4) is 0 Å². The Morgan fingerprint density at radius 3 is 2.46 bits per heavy atom. The van der Waals surface area contributed by atoms with Crippen LogP contribution < -0.4 is 0 Å². The molecule has 0 fully saturated rings. The third-order valence-corrected chi connectivity index (χ3v) is 3.71. The van der Waals surface area contributed by atoms with Crippen LogP contribution in [0, 0.1) is 0 Å². The van der Waals surface area contributed by atoms with Crippen LogP contribution in [0.5, 0.6) is 0 Å². The van der Waals surface area contributed by atoms with Gasteiger partial charge in [0.15, 0.2) is 12.3 Å². The van der Waals surface area contributed by atoms with Gasteiger partial charge in [0.1, 0.15) is 0 Å². The van der Waals surface area contributed by atoms with E-state index in [-0.39, 0.29) is 24.5 Å². The molecule has 2 rings (SSSR count). The van der Waals surface area contributed by atoms with Gasteiger partial charge in [-0.15, -0.1) is 0 Å². The molecule has 1 amide bonds. The number of fused-ring (bicyclic) bond motifs is 1. The lowest BCUT2D eigenvalue weighted by Crippen LogP contribution is -2.27. The molecule has 2 aromatic rings. The standard InChI is InChI=1S/C17H24N4O3/c1-10(2)14-7-12(17(23)24-9-15(22)20(5)6)13-8-18-21(11(3)4)16(13)19-14/h7-8,10-11H,9H2,1-6H3. The summed E-state index contributed by atoms with van der Waals surface area (Å²) < 4.78 is 6.95. The van der Waals surface area contributed by atoms with Crippen LogP contribution >= 0.6 is 0 Å². The van der Waals surface area contributed by atoms with E-state index in [4.69, 9.17) is 4.74 Å². The van der Waals surface area contributed by atoms with Crippen molar-refractivity contribution in [3.63, 3.8) is 0 Å². The van der Waals surface area contributed by atoms with Crippen molar-refractivity contribution in [2.24, 2.45) is 0 Å². The second kappa shape index (κ2) is 6.98. The first-order chi connectivity index (χ1) is 11.2. The highest BCUT2D eigenvalue weighted by Crippen LogP contribution is 2.24. The van der Waals surface area contributed by atoms with Crippen LogP contribution in [0.1, 0.15) is 55.7 Å². The average Bonchev–Trinajstić information content (AvgIpc) is 2.94. The van der Waals surface area contributed by atoms with Crippen molar-refractivity contribution >= 4 is 22.9 Å². The largest absolute Gasteiger partial charge is 0.452 e. The molecule has 24 heavy (non-hydrogen) atoms. The van der Waals surface area contributed by atoms with Crippen LogP contribution in [0.15, 0.2) is 12.3 Å². The molecular weight excluding hydrogens is 308 g/mol. The summed E-state index contributed by atoms with van der Waals surface area (Å²) in [4.78, 5) is 30.1. The maximum Gasteiger partial charge on any atom is 0.339 e. The molecule has 0 radical (unpaired) electrons. The normalized spacial score (nSPS) is 11.3. The van der Waals surface area contributed by atoms with Crippen LogP contribution in [0.4, 0.5) is 0 Å². The third-order valence-electron chi connectivity index (χ3n) is 3.71. The van der Waals surface area contributed by atoms with Crippen molar-refractivity contribution in [1.82, 2.24) is 19.7 Å². The number of pyridine rings is 1. The number of ether oxygens (including phenoxy) is 1. The minimum Gasteiger partial charge on any atom is -0.452 e. The topological polar surface area (TPSA) is 77.3 Å². The molecule has 0 saturated carbocycles. The van der Waals surface area contributed by atoms with Gasteiger partial charge in [-0.25, -0.2) is 14.5 Å². The lowest BCUT2D eigenvalue weighted by atomic mass is 10.1. The van der Waals surface area contributed by atoms with Gasteiger partial charge in [0.25, 0.3) is 5.91 Å². The monoisotopic (exact) mass is 332 g/mol. The predicted octanol–water partition coefficient (Wildman–Crippen LogP) is 2.38. The smallest absolute Gasteiger partial charge is 0.339 e. The number of nitrogens with zero attached hydrogens (tertiary/aromatic N) is 4. The molecule has 2 aromatic heterocycles. The molecule has 0 saturated heterocycles. The fraction of sp³-hybridized carbons (Fsp3) is 0.529. The van der Waals surface area contributed by atoms with Gasteiger partial charge in [-0.1, -0.05) is 13.8 Å². The van der Waals surface area contributed by atoms with Crippen LogP contribution in [-0.4, -0.2) is 52.2 Å². The Hall–Kier alpha value is -2.44. The number of likely N-dealkylation sites (N-methyl/N-ethyl adjacent to an activating group) is 1. The van der Waals surface area contributed by atoms with Crippen molar-refractivity contribution in [2.45, 2.75) is 39.7 Å². The lowest BCUT2D eigenvalue weighted by Gasteiger charge is -2.13. The lowest BCUT2D eigenvalue weighted by molar-refractivity contribution is -0.131. The van der Waals surface area contributed by atoms with Gasteiger partial charge in [0.2, 0.25) is 0 Å². The highest BCUT2D eigenvalue weighted by Gasteiger charge is 2.20. The average molecular weight is 332 g/mol. The Morgan fingerprint density at radius 1 is 1.25 bits per heavy atom. The van der Waals surface area contributed by atoms with E-state index in [0.29, 0.717) is 16.6 Å². The molecular formula is C17H24N4O3. The fourth-order valence-electron chi connectivity index (χ4n) is 2.21. The molecule has 0 aliphatic heterocycles. The summed E-state index contributed by atoms with van der Waals surface area (Å²) in [6, 6.07) is 1.85. The summed E-state index contributed by atoms with van der Waals surface area (Å²) >= 11 is 0. The molecule has 7 nitrogen and oxygen atoms in total. The minimum atomic E-state index is -0.539. The van der Waals surface area contributed by atoms with Crippen LogP contribution in [0.3, 0.4) is 0 Å². The van der Waals surface area contributed by atoms with Crippen LogP contribution in [-0.2, 0) is 9.53 Å². The molecule has 0 aliphatic carbocycles.